The first-order chi connectivity index (χ1) is 9.25. The highest BCUT2D eigenvalue weighted by Crippen LogP contribution is 2.34. The van der Waals surface area contributed by atoms with Gasteiger partial charge in [0.25, 0.3) is 0 Å². The van der Waals surface area contributed by atoms with Gasteiger partial charge in [0.05, 0.1) is 11.5 Å². The number of carbonyl (C=O) groups is 1. The fourth-order valence-electron chi connectivity index (χ4n) is 2.99. The van der Waals surface area contributed by atoms with E-state index in [-0.39, 0.29) is 17.4 Å². The van der Waals surface area contributed by atoms with Crippen molar-refractivity contribution in [3.05, 3.63) is 29.8 Å². The smallest absolute Gasteiger partial charge is 0.228 e. The predicted molar refractivity (Wildman–Crippen MR) is 73.0 cm³/mol. The Hall–Kier alpha value is -1.55. The molecule has 2 unspecified atom stereocenters. The van der Waals surface area contributed by atoms with Crippen molar-refractivity contribution in [1.29, 1.82) is 0 Å². The van der Waals surface area contributed by atoms with Gasteiger partial charge in [-0.25, -0.2) is 0 Å². The number of benzene rings is 1. The standard InChI is InChI=1S/C15H20N2O2/c1-2-15(7-8-16-10-15)14(18)17-12-9-19-13-6-4-3-5-11(12)13/h3-6,12,16H,2,7-10H2,1H3,(H,17,18). The number of hydrogen-bond acceptors (Lipinski definition) is 3. The number of carbonyl (C=O) groups excluding carboxylic acids is 1. The molecule has 4 heteroatoms. The van der Waals surface area contributed by atoms with E-state index >= 15 is 0 Å². The lowest BCUT2D eigenvalue weighted by molar-refractivity contribution is -0.131. The molecule has 0 bridgehead atoms. The number of rotatable bonds is 3. The molecule has 0 radical (unpaired) electrons. The van der Waals surface area contributed by atoms with Crippen LogP contribution in [0.3, 0.4) is 0 Å². The molecule has 0 aliphatic carbocycles. The van der Waals surface area contributed by atoms with E-state index in [4.69, 9.17) is 4.74 Å². The first kappa shape index (κ1) is 12.5. The van der Waals surface area contributed by atoms with Gasteiger partial charge in [0.2, 0.25) is 5.91 Å². The minimum absolute atomic E-state index is 0.00674. The summed E-state index contributed by atoms with van der Waals surface area (Å²) in [7, 11) is 0. The van der Waals surface area contributed by atoms with Gasteiger partial charge in [-0.1, -0.05) is 25.1 Å². The zero-order chi connectivity index (χ0) is 13.3. The quantitative estimate of drug-likeness (QED) is 0.868. The van der Waals surface area contributed by atoms with Crippen molar-refractivity contribution in [2.24, 2.45) is 5.41 Å². The third kappa shape index (κ3) is 2.10. The third-order valence-electron chi connectivity index (χ3n) is 4.41. The summed E-state index contributed by atoms with van der Waals surface area (Å²) in [5.41, 5.74) is 0.852. The second-order valence-corrected chi connectivity index (χ2v) is 5.44. The van der Waals surface area contributed by atoms with Gasteiger partial charge in [-0.3, -0.25) is 4.79 Å². The highest BCUT2D eigenvalue weighted by Gasteiger charge is 2.41. The molecule has 19 heavy (non-hydrogen) atoms. The summed E-state index contributed by atoms with van der Waals surface area (Å²) in [4.78, 5) is 12.6. The van der Waals surface area contributed by atoms with E-state index in [0.717, 1.165) is 37.2 Å². The van der Waals surface area contributed by atoms with Crippen molar-refractivity contribution < 1.29 is 9.53 Å². The summed E-state index contributed by atoms with van der Waals surface area (Å²) < 4.78 is 5.61. The molecule has 1 aromatic rings. The molecule has 0 aromatic heterocycles. The van der Waals surface area contributed by atoms with Gasteiger partial charge in [0.1, 0.15) is 12.4 Å². The number of nitrogens with one attached hydrogen (secondary N) is 2. The van der Waals surface area contributed by atoms with Gasteiger partial charge in [-0.2, -0.15) is 0 Å². The van der Waals surface area contributed by atoms with E-state index in [0.29, 0.717) is 6.61 Å². The molecular formula is C15H20N2O2. The van der Waals surface area contributed by atoms with Crippen LogP contribution < -0.4 is 15.4 Å². The molecular weight excluding hydrogens is 240 g/mol. The van der Waals surface area contributed by atoms with Crippen molar-refractivity contribution in [1.82, 2.24) is 10.6 Å². The van der Waals surface area contributed by atoms with E-state index in [1.807, 2.05) is 24.3 Å². The molecule has 0 spiro atoms. The fourth-order valence-corrected chi connectivity index (χ4v) is 2.99. The van der Waals surface area contributed by atoms with Gasteiger partial charge in [0, 0.05) is 12.1 Å². The molecule has 2 N–H and O–H groups in total. The van der Waals surface area contributed by atoms with Crippen molar-refractivity contribution in [2.45, 2.75) is 25.8 Å². The maximum atomic E-state index is 12.6. The number of amides is 1. The van der Waals surface area contributed by atoms with E-state index in [2.05, 4.69) is 17.6 Å². The topological polar surface area (TPSA) is 50.4 Å². The Labute approximate surface area is 113 Å². The molecule has 1 saturated heterocycles. The molecule has 4 nitrogen and oxygen atoms in total. The molecule has 2 aliphatic rings. The Balaban J connectivity index is 1.74. The van der Waals surface area contributed by atoms with Gasteiger partial charge in [-0.05, 0) is 25.5 Å². The van der Waals surface area contributed by atoms with Crippen LogP contribution in [-0.2, 0) is 4.79 Å². The molecule has 2 heterocycles. The zero-order valence-electron chi connectivity index (χ0n) is 11.2. The normalized spacial score (nSPS) is 28.8. The molecule has 2 aliphatic heterocycles. The Bertz CT molecular complexity index is 481. The van der Waals surface area contributed by atoms with E-state index in [9.17, 15) is 4.79 Å². The van der Waals surface area contributed by atoms with Crippen LogP contribution in [0.1, 0.15) is 31.4 Å². The zero-order valence-corrected chi connectivity index (χ0v) is 11.2. The minimum atomic E-state index is -0.239. The summed E-state index contributed by atoms with van der Waals surface area (Å²) in [6.07, 6.45) is 1.80. The SMILES string of the molecule is CCC1(C(=O)NC2COc3ccccc32)CCNC1. The maximum Gasteiger partial charge on any atom is 0.228 e. The summed E-state index contributed by atoms with van der Waals surface area (Å²) in [5.74, 6) is 1.05. The molecule has 1 aromatic carbocycles. The molecule has 3 rings (SSSR count). The number of fused-ring (bicyclic) bond motifs is 1. The number of ether oxygens (including phenoxy) is 1. The van der Waals surface area contributed by atoms with Crippen molar-refractivity contribution in [3.8, 4) is 5.75 Å². The average molecular weight is 260 g/mol. The van der Waals surface area contributed by atoms with Crippen LogP contribution in [0.4, 0.5) is 0 Å². The first-order valence-electron chi connectivity index (χ1n) is 6.98. The molecule has 102 valence electrons. The predicted octanol–water partition coefficient (Wildman–Crippen LogP) is 1.63. The summed E-state index contributed by atoms with van der Waals surface area (Å²) in [6, 6.07) is 7.91. The van der Waals surface area contributed by atoms with E-state index in [1.165, 1.54) is 0 Å². The lowest BCUT2D eigenvalue weighted by Gasteiger charge is -2.27. The summed E-state index contributed by atoms with van der Waals surface area (Å²) in [6.45, 7) is 4.34. The van der Waals surface area contributed by atoms with Crippen molar-refractivity contribution >= 4 is 5.91 Å². The van der Waals surface area contributed by atoms with E-state index in [1.54, 1.807) is 0 Å². The first-order valence-corrected chi connectivity index (χ1v) is 6.98. The lowest BCUT2D eigenvalue weighted by atomic mass is 9.83. The highest BCUT2D eigenvalue weighted by molar-refractivity contribution is 5.83. The highest BCUT2D eigenvalue weighted by atomic mass is 16.5. The maximum absolute atomic E-state index is 12.6. The Morgan fingerprint density at radius 2 is 2.37 bits per heavy atom. The number of para-hydroxylation sites is 1. The van der Waals surface area contributed by atoms with Gasteiger partial charge < -0.3 is 15.4 Å². The van der Waals surface area contributed by atoms with Crippen LogP contribution in [0.15, 0.2) is 24.3 Å². The minimum Gasteiger partial charge on any atom is -0.491 e. The molecule has 2 atom stereocenters. The van der Waals surface area contributed by atoms with Crippen LogP contribution in [0.5, 0.6) is 5.75 Å². The Kier molecular flexibility index (Phi) is 3.19. The van der Waals surface area contributed by atoms with Crippen molar-refractivity contribution in [2.75, 3.05) is 19.7 Å². The summed E-state index contributed by atoms with van der Waals surface area (Å²) in [5, 5.41) is 6.46. The lowest BCUT2D eigenvalue weighted by Crippen LogP contribution is -2.44. The van der Waals surface area contributed by atoms with Gasteiger partial charge in [-0.15, -0.1) is 0 Å². The van der Waals surface area contributed by atoms with Crippen LogP contribution in [0, 0.1) is 5.41 Å². The molecule has 0 saturated carbocycles. The van der Waals surface area contributed by atoms with Crippen LogP contribution in [0.2, 0.25) is 0 Å². The van der Waals surface area contributed by atoms with Gasteiger partial charge in [0.15, 0.2) is 0 Å². The molecule has 1 fully saturated rings. The van der Waals surface area contributed by atoms with E-state index < -0.39 is 0 Å². The monoisotopic (exact) mass is 260 g/mol. The van der Waals surface area contributed by atoms with Crippen LogP contribution in [0.25, 0.3) is 0 Å². The van der Waals surface area contributed by atoms with Gasteiger partial charge >= 0.3 is 0 Å². The van der Waals surface area contributed by atoms with Crippen LogP contribution >= 0.6 is 0 Å². The van der Waals surface area contributed by atoms with Crippen molar-refractivity contribution in [3.63, 3.8) is 0 Å². The number of hydrogen-bond donors (Lipinski definition) is 2. The second-order valence-electron chi connectivity index (χ2n) is 5.44. The largest absolute Gasteiger partial charge is 0.491 e. The molecule has 1 amide bonds. The average Bonchev–Trinajstić information content (AvgIpc) is 3.07. The fraction of sp³-hybridized carbons (Fsp3) is 0.533. The van der Waals surface area contributed by atoms with Crippen LogP contribution in [-0.4, -0.2) is 25.6 Å². The summed E-state index contributed by atoms with van der Waals surface area (Å²) >= 11 is 0. The second kappa shape index (κ2) is 4.85. The third-order valence-corrected chi connectivity index (χ3v) is 4.41. The Morgan fingerprint density at radius 3 is 3.11 bits per heavy atom. The Morgan fingerprint density at radius 1 is 1.53 bits per heavy atom.